The van der Waals surface area contributed by atoms with Crippen LogP contribution in [-0.4, -0.2) is 30.0 Å². The molecule has 0 unspecified atom stereocenters. The summed E-state index contributed by atoms with van der Waals surface area (Å²) in [7, 11) is -3.75. The summed E-state index contributed by atoms with van der Waals surface area (Å²) in [4.78, 5) is 0.201. The first kappa shape index (κ1) is 18.5. The van der Waals surface area contributed by atoms with Gasteiger partial charge >= 0.3 is 0 Å². The van der Waals surface area contributed by atoms with Crippen molar-refractivity contribution in [3.63, 3.8) is 0 Å². The average molecular weight is 403 g/mol. The number of benzene rings is 2. The minimum Gasteiger partial charge on any atom is -0.393 e. The van der Waals surface area contributed by atoms with Gasteiger partial charge in [-0.25, -0.2) is 8.42 Å². The molecular weight excluding hydrogens is 384 g/mol. The van der Waals surface area contributed by atoms with E-state index in [0.29, 0.717) is 17.0 Å². The van der Waals surface area contributed by atoms with Gasteiger partial charge in [0.1, 0.15) is 0 Å². The molecule has 2 saturated heterocycles. The van der Waals surface area contributed by atoms with E-state index in [1.165, 1.54) is 12.1 Å². The van der Waals surface area contributed by atoms with Crippen LogP contribution >= 0.6 is 11.6 Å². The highest BCUT2D eigenvalue weighted by atomic mass is 35.5. The van der Waals surface area contributed by atoms with Crippen molar-refractivity contribution in [3.8, 4) is 6.07 Å². The molecule has 1 N–H and O–H groups in total. The summed E-state index contributed by atoms with van der Waals surface area (Å²) in [6.07, 6.45) is 1.44. The van der Waals surface area contributed by atoms with Crippen LogP contribution in [-0.2, 0) is 10.0 Å². The molecule has 0 amide bonds. The molecule has 2 heterocycles. The van der Waals surface area contributed by atoms with Crippen molar-refractivity contribution in [2.45, 2.75) is 42.3 Å². The van der Waals surface area contributed by atoms with E-state index in [4.69, 9.17) is 16.9 Å². The summed E-state index contributed by atoms with van der Waals surface area (Å²) in [5, 5.41) is 20.0. The molecule has 3 aliphatic rings. The molecule has 0 aromatic heterocycles. The number of hydrogen-bond donors (Lipinski definition) is 1. The molecule has 140 valence electrons. The van der Waals surface area contributed by atoms with Crippen LogP contribution in [0.4, 0.5) is 0 Å². The van der Waals surface area contributed by atoms with Crippen molar-refractivity contribution >= 4 is 21.6 Å². The monoisotopic (exact) mass is 402 g/mol. The van der Waals surface area contributed by atoms with Gasteiger partial charge < -0.3 is 5.11 Å². The van der Waals surface area contributed by atoms with Crippen LogP contribution in [0.15, 0.2) is 53.4 Å². The molecule has 0 spiro atoms. The smallest absolute Gasteiger partial charge is 0.243 e. The van der Waals surface area contributed by atoms with E-state index < -0.39 is 22.2 Å². The van der Waals surface area contributed by atoms with Gasteiger partial charge in [0, 0.05) is 17.0 Å². The molecule has 5 rings (SSSR count). The molecule has 4 atom stereocenters. The molecule has 1 saturated carbocycles. The Morgan fingerprint density at radius 1 is 1.07 bits per heavy atom. The van der Waals surface area contributed by atoms with Crippen LogP contribution in [0.25, 0.3) is 0 Å². The fraction of sp³-hybridized carbons (Fsp3) is 0.350. The van der Waals surface area contributed by atoms with E-state index in [9.17, 15) is 13.5 Å². The number of nitriles is 1. The second-order valence-corrected chi connectivity index (χ2v) is 9.45. The van der Waals surface area contributed by atoms with Crippen LogP contribution < -0.4 is 0 Å². The number of halogens is 1. The zero-order valence-electron chi connectivity index (χ0n) is 14.5. The Balaban J connectivity index is 1.80. The molecule has 3 fully saturated rings. The number of fused-ring (bicyclic) bond motifs is 3. The maximum atomic E-state index is 13.5. The molecule has 1 aliphatic carbocycles. The fourth-order valence-corrected chi connectivity index (χ4v) is 6.40. The lowest BCUT2D eigenvalue weighted by Gasteiger charge is -2.52. The minimum absolute atomic E-state index is 0.162. The van der Waals surface area contributed by atoms with Gasteiger partial charge in [-0.2, -0.15) is 9.57 Å². The van der Waals surface area contributed by atoms with Gasteiger partial charge in [-0.3, -0.25) is 0 Å². The van der Waals surface area contributed by atoms with Gasteiger partial charge in [0.2, 0.25) is 10.0 Å². The molecule has 2 bridgehead atoms. The van der Waals surface area contributed by atoms with Gasteiger partial charge in [-0.15, -0.1) is 0 Å². The predicted octanol–water partition coefficient (Wildman–Crippen LogP) is 3.49. The average Bonchev–Trinajstić information content (AvgIpc) is 2.68. The van der Waals surface area contributed by atoms with E-state index in [-0.39, 0.29) is 16.9 Å². The first-order chi connectivity index (χ1) is 12.9. The second-order valence-electron chi connectivity index (χ2n) is 7.17. The highest BCUT2D eigenvalue weighted by molar-refractivity contribution is 7.89. The molecule has 5 nitrogen and oxygen atoms in total. The summed E-state index contributed by atoms with van der Waals surface area (Å²) in [5.74, 6) is -0.162. The third-order valence-electron chi connectivity index (χ3n) is 5.65. The van der Waals surface area contributed by atoms with Crippen molar-refractivity contribution in [1.82, 2.24) is 4.31 Å². The summed E-state index contributed by atoms with van der Waals surface area (Å²) in [6, 6.07) is 14.5. The van der Waals surface area contributed by atoms with Crippen LogP contribution in [0, 0.1) is 17.2 Å². The molecule has 7 heteroatoms. The van der Waals surface area contributed by atoms with Gasteiger partial charge in [0.25, 0.3) is 0 Å². The quantitative estimate of drug-likeness (QED) is 0.852. The maximum absolute atomic E-state index is 13.5. The Labute approximate surface area is 163 Å². The van der Waals surface area contributed by atoms with Gasteiger partial charge in [-0.05, 0) is 61.2 Å². The number of aliphatic hydroxyl groups excluding tert-OH is 1. The van der Waals surface area contributed by atoms with Gasteiger partial charge in [0.05, 0.1) is 28.7 Å². The Morgan fingerprint density at radius 3 is 2.33 bits per heavy atom. The van der Waals surface area contributed by atoms with Crippen molar-refractivity contribution in [3.05, 3.63) is 64.7 Å². The van der Waals surface area contributed by atoms with E-state index in [1.807, 2.05) is 0 Å². The van der Waals surface area contributed by atoms with Crippen LogP contribution in [0.2, 0.25) is 5.02 Å². The Bertz CT molecular complexity index is 983. The topological polar surface area (TPSA) is 81.4 Å². The molecule has 2 aromatic rings. The lowest BCUT2D eigenvalue weighted by atomic mass is 9.72. The first-order valence-corrected chi connectivity index (χ1v) is 10.7. The van der Waals surface area contributed by atoms with Crippen molar-refractivity contribution in [2.24, 2.45) is 5.92 Å². The molecule has 2 aliphatic heterocycles. The van der Waals surface area contributed by atoms with Crippen LogP contribution in [0.5, 0.6) is 0 Å². The number of sulfonamides is 1. The first-order valence-electron chi connectivity index (χ1n) is 8.89. The Kier molecular flexibility index (Phi) is 4.73. The standard InChI is InChI=1S/C20H19ClN2O3S/c21-15-5-8-17(9-6-15)27(25,26)23-16-7-10-18(19(24)11-16)20(23)14-3-1-13(12-22)2-4-14/h1-6,8-9,16,18-20,24H,7,10-11H2/t16-,18+,19-,20+/m0/s1. The third-order valence-corrected chi connectivity index (χ3v) is 7.85. The fourth-order valence-electron chi connectivity index (χ4n) is 4.39. The van der Waals surface area contributed by atoms with E-state index >= 15 is 0 Å². The molecule has 27 heavy (non-hydrogen) atoms. The van der Waals surface area contributed by atoms with E-state index in [0.717, 1.165) is 18.4 Å². The Morgan fingerprint density at radius 2 is 1.74 bits per heavy atom. The molecular formula is C20H19ClN2O3S. The molecule has 2 aromatic carbocycles. The van der Waals surface area contributed by atoms with Gasteiger partial charge in [-0.1, -0.05) is 23.7 Å². The summed E-state index contributed by atoms with van der Waals surface area (Å²) in [5.41, 5.74) is 1.33. The number of piperidine rings is 2. The second kappa shape index (κ2) is 6.92. The number of hydrogen-bond acceptors (Lipinski definition) is 4. The highest BCUT2D eigenvalue weighted by Crippen LogP contribution is 2.50. The summed E-state index contributed by atoms with van der Waals surface area (Å²) < 4.78 is 28.5. The zero-order valence-corrected chi connectivity index (χ0v) is 16.1. The predicted molar refractivity (Wildman–Crippen MR) is 102 cm³/mol. The minimum atomic E-state index is -3.75. The largest absolute Gasteiger partial charge is 0.393 e. The van der Waals surface area contributed by atoms with Crippen molar-refractivity contribution < 1.29 is 13.5 Å². The summed E-state index contributed by atoms with van der Waals surface area (Å²) in [6.45, 7) is 0. The van der Waals surface area contributed by atoms with Crippen molar-refractivity contribution in [2.75, 3.05) is 0 Å². The highest BCUT2D eigenvalue weighted by Gasteiger charge is 2.52. The zero-order chi connectivity index (χ0) is 19.2. The molecule has 0 radical (unpaired) electrons. The van der Waals surface area contributed by atoms with Gasteiger partial charge in [0.15, 0.2) is 0 Å². The lowest BCUT2D eigenvalue weighted by molar-refractivity contribution is -0.0537. The van der Waals surface area contributed by atoms with Crippen LogP contribution in [0.1, 0.15) is 36.4 Å². The SMILES string of the molecule is N#Cc1ccc([C@@H]2[C@@H]3CC[C@@H](C[C@@H]3O)N2S(=O)(=O)c2ccc(Cl)cc2)cc1. The number of aliphatic hydroxyl groups is 1. The number of nitrogens with zero attached hydrogens (tertiary/aromatic N) is 2. The normalized spacial score (nSPS) is 28.0. The van der Waals surface area contributed by atoms with Crippen LogP contribution in [0.3, 0.4) is 0 Å². The lowest BCUT2D eigenvalue weighted by Crippen LogP contribution is -2.57. The number of rotatable bonds is 3. The summed E-state index contributed by atoms with van der Waals surface area (Å²) >= 11 is 5.91. The Hall–Kier alpha value is -1.91. The third kappa shape index (κ3) is 3.15. The maximum Gasteiger partial charge on any atom is 0.243 e. The van der Waals surface area contributed by atoms with E-state index in [2.05, 4.69) is 6.07 Å². The van der Waals surface area contributed by atoms with Crippen molar-refractivity contribution in [1.29, 1.82) is 5.26 Å². The van der Waals surface area contributed by atoms with E-state index in [1.54, 1.807) is 40.7 Å².